The largest absolute Gasteiger partial charge is 0.422 e. The van der Waals surface area contributed by atoms with Crippen LogP contribution in [0.5, 0.6) is 0 Å². The number of amides is 1. The zero-order valence-corrected chi connectivity index (χ0v) is 14.4. The molecular weight excluding hydrogens is 382 g/mol. The summed E-state index contributed by atoms with van der Waals surface area (Å²) in [4.78, 5) is 24.3. The standard InChI is InChI=1S/C17H11BrClNO3/c1-9-2-4-12(8-14(9)19)20-16(21)13-7-10-6-11(18)3-5-15(10)23-17(13)22/h2-8H,1H3,(H,20,21). The topological polar surface area (TPSA) is 59.3 Å². The van der Waals surface area contributed by atoms with Crippen LogP contribution >= 0.6 is 27.5 Å². The van der Waals surface area contributed by atoms with Gasteiger partial charge in [0.25, 0.3) is 5.91 Å². The Morgan fingerprint density at radius 2 is 1.96 bits per heavy atom. The molecule has 0 saturated carbocycles. The lowest BCUT2D eigenvalue weighted by atomic mass is 10.1. The molecule has 4 nitrogen and oxygen atoms in total. The van der Waals surface area contributed by atoms with Crippen molar-refractivity contribution >= 4 is 50.1 Å². The predicted octanol–water partition coefficient (Wildman–Crippen LogP) is 4.77. The number of anilines is 1. The van der Waals surface area contributed by atoms with Crippen molar-refractivity contribution in [2.24, 2.45) is 0 Å². The number of benzene rings is 2. The highest BCUT2D eigenvalue weighted by molar-refractivity contribution is 9.10. The van der Waals surface area contributed by atoms with Crippen molar-refractivity contribution < 1.29 is 9.21 Å². The van der Waals surface area contributed by atoms with Gasteiger partial charge in [0.05, 0.1) is 0 Å². The molecule has 3 aromatic rings. The number of carbonyl (C=O) groups excluding carboxylic acids is 1. The van der Waals surface area contributed by atoms with Gasteiger partial charge in [-0.3, -0.25) is 4.79 Å². The maximum absolute atomic E-state index is 12.3. The second-order valence-electron chi connectivity index (χ2n) is 5.05. The van der Waals surface area contributed by atoms with Gasteiger partial charge in [-0.2, -0.15) is 0 Å². The molecular formula is C17H11BrClNO3. The normalized spacial score (nSPS) is 10.7. The number of hydrogen-bond donors (Lipinski definition) is 1. The zero-order chi connectivity index (χ0) is 16.6. The first-order valence-corrected chi connectivity index (χ1v) is 7.92. The molecule has 0 unspecified atom stereocenters. The van der Waals surface area contributed by atoms with E-state index in [1.54, 1.807) is 36.4 Å². The molecule has 1 aromatic heterocycles. The van der Waals surface area contributed by atoms with Gasteiger partial charge in [-0.15, -0.1) is 0 Å². The van der Waals surface area contributed by atoms with E-state index in [0.29, 0.717) is 21.7 Å². The summed E-state index contributed by atoms with van der Waals surface area (Å²) in [6.07, 6.45) is 0. The van der Waals surface area contributed by atoms with Crippen LogP contribution in [0.1, 0.15) is 15.9 Å². The number of rotatable bonds is 2. The van der Waals surface area contributed by atoms with Gasteiger partial charge in [0.1, 0.15) is 11.1 Å². The van der Waals surface area contributed by atoms with Gasteiger partial charge in [0.15, 0.2) is 0 Å². The number of fused-ring (bicyclic) bond motifs is 1. The van der Waals surface area contributed by atoms with E-state index in [1.807, 2.05) is 6.92 Å². The fraction of sp³-hybridized carbons (Fsp3) is 0.0588. The van der Waals surface area contributed by atoms with E-state index in [9.17, 15) is 9.59 Å². The van der Waals surface area contributed by atoms with Gasteiger partial charge in [-0.1, -0.05) is 33.6 Å². The summed E-state index contributed by atoms with van der Waals surface area (Å²) in [5.41, 5.74) is 1.09. The zero-order valence-electron chi connectivity index (χ0n) is 12.0. The maximum Gasteiger partial charge on any atom is 0.349 e. The number of hydrogen-bond acceptors (Lipinski definition) is 3. The van der Waals surface area contributed by atoms with Crippen LogP contribution in [0.4, 0.5) is 5.69 Å². The fourth-order valence-electron chi connectivity index (χ4n) is 2.12. The Kier molecular flexibility index (Phi) is 4.24. The van der Waals surface area contributed by atoms with Crippen molar-refractivity contribution in [2.75, 3.05) is 5.32 Å². The first-order valence-electron chi connectivity index (χ1n) is 6.75. The Bertz CT molecular complexity index is 981. The summed E-state index contributed by atoms with van der Waals surface area (Å²) < 4.78 is 6.02. The molecule has 0 saturated heterocycles. The van der Waals surface area contributed by atoms with Crippen LogP contribution in [0.15, 0.2) is 56.1 Å². The van der Waals surface area contributed by atoms with Gasteiger partial charge in [-0.25, -0.2) is 4.79 Å². The van der Waals surface area contributed by atoms with Crippen molar-refractivity contribution in [1.29, 1.82) is 0 Å². The Morgan fingerprint density at radius 1 is 1.17 bits per heavy atom. The van der Waals surface area contributed by atoms with Gasteiger partial charge in [0, 0.05) is 20.6 Å². The smallest absolute Gasteiger partial charge is 0.349 e. The average molecular weight is 393 g/mol. The highest BCUT2D eigenvalue weighted by Gasteiger charge is 2.14. The predicted molar refractivity (Wildman–Crippen MR) is 94.3 cm³/mol. The molecule has 6 heteroatoms. The third kappa shape index (κ3) is 3.30. The van der Waals surface area contributed by atoms with E-state index >= 15 is 0 Å². The van der Waals surface area contributed by atoms with E-state index < -0.39 is 11.5 Å². The van der Waals surface area contributed by atoms with Crippen LogP contribution in [-0.2, 0) is 0 Å². The summed E-state index contributed by atoms with van der Waals surface area (Å²) in [6.45, 7) is 1.86. The van der Waals surface area contributed by atoms with Crippen LogP contribution in [0, 0.1) is 6.92 Å². The lowest BCUT2D eigenvalue weighted by molar-refractivity contribution is 0.102. The number of halogens is 2. The number of nitrogens with one attached hydrogen (secondary N) is 1. The molecule has 0 spiro atoms. The van der Waals surface area contributed by atoms with Crippen LogP contribution in [0.2, 0.25) is 5.02 Å². The molecule has 1 amide bonds. The minimum Gasteiger partial charge on any atom is -0.422 e. The molecule has 3 rings (SSSR count). The third-order valence-corrected chi connectivity index (χ3v) is 4.27. The van der Waals surface area contributed by atoms with Crippen molar-refractivity contribution in [1.82, 2.24) is 0 Å². The van der Waals surface area contributed by atoms with E-state index in [-0.39, 0.29) is 5.56 Å². The molecule has 0 aliphatic rings. The molecule has 0 fully saturated rings. The molecule has 1 N–H and O–H groups in total. The van der Waals surface area contributed by atoms with Crippen LogP contribution in [-0.4, -0.2) is 5.91 Å². The fourth-order valence-corrected chi connectivity index (χ4v) is 2.68. The number of aryl methyl sites for hydroxylation is 1. The Hall–Kier alpha value is -2.11. The van der Waals surface area contributed by atoms with Crippen molar-refractivity contribution in [3.63, 3.8) is 0 Å². The molecule has 0 atom stereocenters. The summed E-state index contributed by atoms with van der Waals surface area (Å²) in [6, 6.07) is 11.9. The quantitative estimate of drug-likeness (QED) is 0.639. The molecule has 0 aliphatic heterocycles. The molecule has 116 valence electrons. The van der Waals surface area contributed by atoms with Gasteiger partial charge < -0.3 is 9.73 Å². The summed E-state index contributed by atoms with van der Waals surface area (Å²) in [5, 5.41) is 3.85. The molecule has 23 heavy (non-hydrogen) atoms. The highest BCUT2D eigenvalue weighted by Crippen LogP contribution is 2.22. The third-order valence-electron chi connectivity index (χ3n) is 3.37. The van der Waals surface area contributed by atoms with E-state index in [4.69, 9.17) is 16.0 Å². The average Bonchev–Trinajstić information content (AvgIpc) is 2.50. The van der Waals surface area contributed by atoms with Crippen molar-refractivity contribution in [3.8, 4) is 0 Å². The van der Waals surface area contributed by atoms with Crippen LogP contribution < -0.4 is 10.9 Å². The Labute approximate surface area is 145 Å². The summed E-state index contributed by atoms with van der Waals surface area (Å²) in [7, 11) is 0. The highest BCUT2D eigenvalue weighted by atomic mass is 79.9. The summed E-state index contributed by atoms with van der Waals surface area (Å²) >= 11 is 9.38. The molecule has 0 radical (unpaired) electrons. The van der Waals surface area contributed by atoms with E-state index in [2.05, 4.69) is 21.2 Å². The second kappa shape index (κ2) is 6.18. The monoisotopic (exact) mass is 391 g/mol. The van der Waals surface area contributed by atoms with Gasteiger partial charge in [-0.05, 0) is 48.9 Å². The first-order chi connectivity index (χ1) is 10.9. The van der Waals surface area contributed by atoms with Crippen LogP contribution in [0.3, 0.4) is 0 Å². The Balaban J connectivity index is 1.98. The lowest BCUT2D eigenvalue weighted by Crippen LogP contribution is -2.20. The van der Waals surface area contributed by atoms with Gasteiger partial charge >= 0.3 is 5.63 Å². The molecule has 0 bridgehead atoms. The SMILES string of the molecule is Cc1ccc(NC(=O)c2cc3cc(Br)ccc3oc2=O)cc1Cl. The van der Waals surface area contributed by atoms with E-state index in [0.717, 1.165) is 10.0 Å². The second-order valence-corrected chi connectivity index (χ2v) is 6.37. The maximum atomic E-state index is 12.3. The first kappa shape index (κ1) is 15.8. The minimum atomic E-state index is -0.685. The molecule has 0 aliphatic carbocycles. The van der Waals surface area contributed by atoms with E-state index in [1.165, 1.54) is 6.07 Å². The Morgan fingerprint density at radius 3 is 2.70 bits per heavy atom. The van der Waals surface area contributed by atoms with Gasteiger partial charge in [0.2, 0.25) is 0 Å². The molecule has 2 aromatic carbocycles. The number of carbonyl (C=O) groups is 1. The van der Waals surface area contributed by atoms with Crippen molar-refractivity contribution in [3.05, 3.63) is 73.5 Å². The minimum absolute atomic E-state index is 0.0627. The van der Waals surface area contributed by atoms with Crippen LogP contribution in [0.25, 0.3) is 11.0 Å². The lowest BCUT2D eigenvalue weighted by Gasteiger charge is -2.07. The molecule has 1 heterocycles. The van der Waals surface area contributed by atoms with Crippen molar-refractivity contribution in [2.45, 2.75) is 6.92 Å². The summed E-state index contributed by atoms with van der Waals surface area (Å²) in [5.74, 6) is -0.541.